The molecule has 0 N–H and O–H groups in total. The van der Waals surface area contributed by atoms with Crippen LogP contribution in [0, 0.1) is 0 Å². The van der Waals surface area contributed by atoms with Gasteiger partial charge < -0.3 is 9.64 Å². The van der Waals surface area contributed by atoms with Crippen LogP contribution in [0.25, 0.3) is 0 Å². The highest BCUT2D eigenvalue weighted by Gasteiger charge is 2.25. The molecule has 0 fully saturated rings. The van der Waals surface area contributed by atoms with Gasteiger partial charge in [0.1, 0.15) is 0 Å². The highest BCUT2D eigenvalue weighted by molar-refractivity contribution is 6.31. The molecule has 29 heavy (non-hydrogen) atoms. The summed E-state index contributed by atoms with van der Waals surface area (Å²) in [6, 6.07) is 20.7. The van der Waals surface area contributed by atoms with Crippen LogP contribution in [0.15, 0.2) is 66.7 Å². The number of methoxy groups -OCH3 is 1. The van der Waals surface area contributed by atoms with Gasteiger partial charge in [0.2, 0.25) is 0 Å². The molecule has 1 aliphatic rings. The van der Waals surface area contributed by atoms with Gasteiger partial charge in [0.25, 0.3) is 5.91 Å². The van der Waals surface area contributed by atoms with Crippen molar-refractivity contribution in [2.75, 3.05) is 18.6 Å². The van der Waals surface area contributed by atoms with E-state index in [1.165, 1.54) is 7.11 Å². The van der Waals surface area contributed by atoms with Crippen molar-refractivity contribution in [3.05, 3.63) is 99.6 Å². The van der Waals surface area contributed by atoms with Gasteiger partial charge in [0, 0.05) is 22.8 Å². The normalized spacial score (nSPS) is 12.6. The largest absolute Gasteiger partial charge is 0.465 e. The molecule has 3 aromatic carbocycles. The molecule has 1 heterocycles. The zero-order valence-electron chi connectivity index (χ0n) is 16.0. The molecule has 1 aliphatic heterocycles. The Hall–Kier alpha value is -3.11. The van der Waals surface area contributed by atoms with Gasteiger partial charge in [0.05, 0.1) is 12.7 Å². The molecule has 0 spiro atoms. The van der Waals surface area contributed by atoms with Crippen molar-refractivity contribution in [1.29, 1.82) is 0 Å². The molecule has 0 aliphatic carbocycles. The molecule has 146 valence electrons. The molecular weight excluding hydrogens is 386 g/mol. The summed E-state index contributed by atoms with van der Waals surface area (Å²) >= 11 is 6.05. The van der Waals surface area contributed by atoms with E-state index in [1.54, 1.807) is 12.1 Å². The van der Waals surface area contributed by atoms with Crippen LogP contribution in [0.4, 0.5) is 5.69 Å². The molecule has 0 aromatic heterocycles. The van der Waals surface area contributed by atoms with E-state index in [-0.39, 0.29) is 5.91 Å². The number of carbonyl (C=O) groups is 2. The van der Waals surface area contributed by atoms with E-state index in [1.807, 2.05) is 53.4 Å². The minimum Gasteiger partial charge on any atom is -0.465 e. The first kappa shape index (κ1) is 19.2. The number of ether oxygens (including phenoxy) is 1. The zero-order valence-corrected chi connectivity index (χ0v) is 16.8. The number of hydrogen-bond donors (Lipinski definition) is 0. The Morgan fingerprint density at radius 2 is 1.83 bits per heavy atom. The second kappa shape index (κ2) is 8.10. The highest BCUT2D eigenvalue weighted by atomic mass is 35.5. The average molecular weight is 406 g/mol. The Morgan fingerprint density at radius 3 is 2.59 bits per heavy atom. The van der Waals surface area contributed by atoms with Gasteiger partial charge in [-0.3, -0.25) is 4.79 Å². The predicted molar refractivity (Wildman–Crippen MR) is 114 cm³/mol. The van der Waals surface area contributed by atoms with Crippen molar-refractivity contribution >= 4 is 29.2 Å². The summed E-state index contributed by atoms with van der Waals surface area (Å²) in [7, 11) is 1.36. The van der Waals surface area contributed by atoms with Crippen LogP contribution in [0.5, 0.6) is 0 Å². The second-order valence-corrected chi connectivity index (χ2v) is 7.44. The molecule has 0 saturated carbocycles. The van der Waals surface area contributed by atoms with Gasteiger partial charge in [0.15, 0.2) is 0 Å². The molecular formula is C24H20ClNO3. The number of fused-ring (bicyclic) bond motifs is 1. The van der Waals surface area contributed by atoms with Crippen LogP contribution in [0.2, 0.25) is 5.02 Å². The fourth-order valence-electron chi connectivity index (χ4n) is 3.74. The molecule has 0 unspecified atom stereocenters. The fraction of sp³-hybridized carbons (Fsp3) is 0.167. The fourth-order valence-corrected chi connectivity index (χ4v) is 3.91. The first-order valence-corrected chi connectivity index (χ1v) is 9.80. The van der Waals surface area contributed by atoms with Crippen LogP contribution in [-0.4, -0.2) is 25.5 Å². The monoisotopic (exact) mass is 405 g/mol. The number of amides is 1. The maximum atomic E-state index is 12.8. The number of nitrogens with zero attached hydrogens (tertiary/aromatic N) is 1. The highest BCUT2D eigenvalue weighted by Crippen LogP contribution is 2.31. The molecule has 0 radical (unpaired) electrons. The summed E-state index contributed by atoms with van der Waals surface area (Å²) in [4.78, 5) is 26.8. The number of benzene rings is 3. The molecule has 0 saturated heterocycles. The Kier molecular flexibility index (Phi) is 5.36. The van der Waals surface area contributed by atoms with Crippen LogP contribution in [0.3, 0.4) is 0 Å². The van der Waals surface area contributed by atoms with Crippen molar-refractivity contribution in [3.63, 3.8) is 0 Å². The van der Waals surface area contributed by atoms with E-state index in [0.29, 0.717) is 29.1 Å². The maximum Gasteiger partial charge on any atom is 0.338 e. The van der Waals surface area contributed by atoms with E-state index in [0.717, 1.165) is 28.8 Å². The van der Waals surface area contributed by atoms with Gasteiger partial charge in [-0.05, 0) is 59.9 Å². The first-order valence-electron chi connectivity index (χ1n) is 9.42. The third-order valence-corrected chi connectivity index (χ3v) is 5.41. The second-order valence-electron chi connectivity index (χ2n) is 7.01. The summed E-state index contributed by atoms with van der Waals surface area (Å²) in [5, 5.41) is 0.498. The van der Waals surface area contributed by atoms with Crippen LogP contribution in [-0.2, 0) is 17.6 Å². The van der Waals surface area contributed by atoms with Gasteiger partial charge in [-0.1, -0.05) is 48.0 Å². The molecule has 4 nitrogen and oxygen atoms in total. The molecule has 0 atom stereocenters. The Bertz CT molecular complexity index is 1080. The topological polar surface area (TPSA) is 46.6 Å². The molecule has 0 bridgehead atoms. The van der Waals surface area contributed by atoms with Gasteiger partial charge in [-0.25, -0.2) is 4.79 Å². The number of halogens is 1. The van der Waals surface area contributed by atoms with E-state index in [9.17, 15) is 9.59 Å². The average Bonchev–Trinajstić information content (AvgIpc) is 3.17. The third-order valence-electron chi connectivity index (χ3n) is 5.18. The maximum absolute atomic E-state index is 12.8. The molecule has 4 rings (SSSR count). The van der Waals surface area contributed by atoms with E-state index in [2.05, 4.69) is 6.07 Å². The SMILES string of the molecule is COC(=O)c1cc(Cl)ccc1Cc1ccc2c(c1)CCN2C(=O)c1ccccc1. The first-order chi connectivity index (χ1) is 14.1. The lowest BCUT2D eigenvalue weighted by atomic mass is 9.98. The summed E-state index contributed by atoms with van der Waals surface area (Å²) < 4.78 is 4.88. The Balaban J connectivity index is 1.59. The van der Waals surface area contributed by atoms with E-state index < -0.39 is 5.97 Å². The lowest BCUT2D eigenvalue weighted by Gasteiger charge is -2.18. The third kappa shape index (κ3) is 3.89. The Morgan fingerprint density at radius 1 is 1.03 bits per heavy atom. The molecule has 3 aromatic rings. The lowest BCUT2D eigenvalue weighted by molar-refractivity contribution is 0.0599. The number of esters is 1. The smallest absolute Gasteiger partial charge is 0.338 e. The number of carbonyl (C=O) groups excluding carboxylic acids is 2. The van der Waals surface area contributed by atoms with E-state index >= 15 is 0 Å². The number of anilines is 1. The van der Waals surface area contributed by atoms with E-state index in [4.69, 9.17) is 16.3 Å². The van der Waals surface area contributed by atoms with Gasteiger partial charge >= 0.3 is 5.97 Å². The van der Waals surface area contributed by atoms with Crippen molar-refractivity contribution in [1.82, 2.24) is 0 Å². The van der Waals surface area contributed by atoms with Crippen molar-refractivity contribution in [2.24, 2.45) is 0 Å². The summed E-state index contributed by atoms with van der Waals surface area (Å²) in [6.45, 7) is 0.668. The minimum atomic E-state index is -0.400. The molecule has 1 amide bonds. The quantitative estimate of drug-likeness (QED) is 0.579. The van der Waals surface area contributed by atoms with Crippen LogP contribution < -0.4 is 4.90 Å². The van der Waals surface area contributed by atoms with Crippen molar-refractivity contribution < 1.29 is 14.3 Å². The van der Waals surface area contributed by atoms with Gasteiger partial charge in [-0.15, -0.1) is 0 Å². The summed E-state index contributed by atoms with van der Waals surface area (Å²) in [5.41, 5.74) is 5.18. The standard InChI is InChI=1S/C24H20ClNO3/c1-29-24(28)21-15-20(25)9-8-18(21)13-16-7-10-22-19(14-16)11-12-26(22)23(27)17-5-3-2-4-6-17/h2-10,14-15H,11-13H2,1H3. The summed E-state index contributed by atoms with van der Waals surface area (Å²) in [6.07, 6.45) is 1.40. The number of rotatable bonds is 4. The minimum absolute atomic E-state index is 0.0165. The Labute approximate surface area is 174 Å². The van der Waals surface area contributed by atoms with Crippen LogP contribution >= 0.6 is 11.6 Å². The van der Waals surface area contributed by atoms with Crippen LogP contribution in [0.1, 0.15) is 37.4 Å². The summed E-state index contributed by atoms with van der Waals surface area (Å²) in [5.74, 6) is -0.383. The van der Waals surface area contributed by atoms with Crippen molar-refractivity contribution in [3.8, 4) is 0 Å². The number of hydrogen-bond acceptors (Lipinski definition) is 3. The zero-order chi connectivity index (χ0) is 20.4. The predicted octanol–water partition coefficient (Wildman–Crippen LogP) is 4.92. The van der Waals surface area contributed by atoms with Gasteiger partial charge in [-0.2, -0.15) is 0 Å². The lowest BCUT2D eigenvalue weighted by Crippen LogP contribution is -2.28. The molecule has 5 heteroatoms. The van der Waals surface area contributed by atoms with Crippen molar-refractivity contribution in [2.45, 2.75) is 12.8 Å².